The van der Waals surface area contributed by atoms with Crippen LogP contribution in [0.1, 0.15) is 11.3 Å². The molecule has 1 atom stereocenters. The molecule has 6 heteroatoms. The van der Waals surface area contributed by atoms with Crippen LogP contribution in [-0.2, 0) is 16.1 Å². The Kier molecular flexibility index (Phi) is 4.14. The summed E-state index contributed by atoms with van der Waals surface area (Å²) >= 11 is 0. The highest BCUT2D eigenvalue weighted by Gasteiger charge is 2.17. The minimum atomic E-state index is -0.531. The molecule has 0 fully saturated rings. The zero-order valence-corrected chi connectivity index (χ0v) is 12.5. The molecule has 0 saturated carbocycles. The SMILES string of the molecule is Cc1ccc(-c2cc(CNC(=O)C3C=CC(=O)N=C3)no2)cc1. The molecule has 3 rings (SSSR count). The first-order valence-electron chi connectivity index (χ1n) is 7.18. The van der Waals surface area contributed by atoms with E-state index in [2.05, 4.69) is 15.5 Å². The minimum absolute atomic E-state index is 0.239. The molecule has 23 heavy (non-hydrogen) atoms. The van der Waals surface area contributed by atoms with Gasteiger partial charge in [0, 0.05) is 23.9 Å². The summed E-state index contributed by atoms with van der Waals surface area (Å²) in [6.45, 7) is 2.27. The average molecular weight is 309 g/mol. The summed E-state index contributed by atoms with van der Waals surface area (Å²) in [5.74, 6) is -0.471. The van der Waals surface area contributed by atoms with Crippen LogP contribution in [0.4, 0.5) is 0 Å². The molecule has 1 aromatic carbocycles. The molecule has 2 heterocycles. The van der Waals surface area contributed by atoms with Crippen LogP contribution in [0.15, 0.2) is 52.0 Å². The van der Waals surface area contributed by atoms with Gasteiger partial charge in [0.05, 0.1) is 12.5 Å². The number of nitrogens with one attached hydrogen (secondary N) is 1. The lowest BCUT2D eigenvalue weighted by molar-refractivity contribution is -0.122. The van der Waals surface area contributed by atoms with Crippen molar-refractivity contribution in [2.45, 2.75) is 13.5 Å². The summed E-state index contributed by atoms with van der Waals surface area (Å²) in [6, 6.07) is 9.70. The fourth-order valence-electron chi connectivity index (χ4n) is 2.13. The minimum Gasteiger partial charge on any atom is -0.356 e. The van der Waals surface area contributed by atoms with Gasteiger partial charge in [-0.2, -0.15) is 0 Å². The van der Waals surface area contributed by atoms with Gasteiger partial charge in [-0.05, 0) is 6.92 Å². The second-order valence-electron chi connectivity index (χ2n) is 5.27. The maximum absolute atomic E-state index is 12.0. The van der Waals surface area contributed by atoms with E-state index in [1.807, 2.05) is 31.2 Å². The van der Waals surface area contributed by atoms with Crippen molar-refractivity contribution in [1.82, 2.24) is 10.5 Å². The number of hydrogen-bond acceptors (Lipinski definition) is 4. The van der Waals surface area contributed by atoms with Crippen molar-refractivity contribution >= 4 is 18.0 Å². The van der Waals surface area contributed by atoms with Gasteiger partial charge in [-0.1, -0.05) is 41.1 Å². The smallest absolute Gasteiger partial charge is 0.269 e. The summed E-state index contributed by atoms with van der Waals surface area (Å²) in [5.41, 5.74) is 2.73. The zero-order chi connectivity index (χ0) is 16.2. The maximum atomic E-state index is 12.0. The van der Waals surface area contributed by atoms with E-state index in [4.69, 9.17) is 4.52 Å². The Hall–Kier alpha value is -3.02. The number of aryl methyl sites for hydroxylation is 1. The molecule has 2 aromatic rings. The van der Waals surface area contributed by atoms with Crippen molar-refractivity contribution < 1.29 is 14.1 Å². The number of benzene rings is 1. The van der Waals surface area contributed by atoms with Crippen molar-refractivity contribution in [1.29, 1.82) is 0 Å². The third-order valence-electron chi connectivity index (χ3n) is 3.45. The highest BCUT2D eigenvalue weighted by molar-refractivity contribution is 6.05. The molecule has 1 N–H and O–H groups in total. The monoisotopic (exact) mass is 309 g/mol. The van der Waals surface area contributed by atoms with Crippen LogP contribution in [0.5, 0.6) is 0 Å². The van der Waals surface area contributed by atoms with E-state index in [0.29, 0.717) is 11.5 Å². The first-order chi connectivity index (χ1) is 11.1. The van der Waals surface area contributed by atoms with Gasteiger partial charge in [-0.25, -0.2) is 4.99 Å². The normalized spacial score (nSPS) is 16.6. The molecule has 1 aliphatic heterocycles. The predicted octanol–water partition coefficient (Wildman–Crippen LogP) is 2.05. The van der Waals surface area contributed by atoms with Crippen LogP contribution in [-0.4, -0.2) is 23.2 Å². The van der Waals surface area contributed by atoms with Crippen molar-refractivity contribution in [2.24, 2.45) is 10.9 Å². The van der Waals surface area contributed by atoms with E-state index in [0.717, 1.165) is 5.56 Å². The van der Waals surface area contributed by atoms with Gasteiger partial charge >= 0.3 is 0 Å². The number of dihydropyridines is 1. The van der Waals surface area contributed by atoms with Gasteiger partial charge in [-0.3, -0.25) is 9.59 Å². The van der Waals surface area contributed by atoms with Crippen LogP contribution in [0, 0.1) is 12.8 Å². The summed E-state index contributed by atoms with van der Waals surface area (Å²) < 4.78 is 5.30. The largest absolute Gasteiger partial charge is 0.356 e. The van der Waals surface area contributed by atoms with Crippen molar-refractivity contribution in [3.63, 3.8) is 0 Å². The van der Waals surface area contributed by atoms with Gasteiger partial charge in [0.1, 0.15) is 5.69 Å². The molecule has 0 bridgehead atoms. The van der Waals surface area contributed by atoms with Crippen molar-refractivity contribution in [3.05, 3.63) is 53.7 Å². The highest BCUT2D eigenvalue weighted by Crippen LogP contribution is 2.20. The number of nitrogens with zero attached hydrogens (tertiary/aromatic N) is 2. The number of rotatable bonds is 4. The zero-order valence-electron chi connectivity index (χ0n) is 12.5. The second kappa shape index (κ2) is 6.39. The van der Waals surface area contributed by atoms with Crippen LogP contribution in [0.3, 0.4) is 0 Å². The third kappa shape index (κ3) is 3.60. The Morgan fingerprint density at radius 1 is 1.30 bits per heavy atom. The number of hydrogen-bond donors (Lipinski definition) is 1. The lowest BCUT2D eigenvalue weighted by atomic mass is 10.1. The number of aromatic nitrogens is 1. The third-order valence-corrected chi connectivity index (χ3v) is 3.45. The number of carbonyl (C=O) groups excluding carboxylic acids is 2. The molecule has 0 radical (unpaired) electrons. The van der Waals surface area contributed by atoms with Crippen LogP contribution >= 0.6 is 0 Å². The van der Waals surface area contributed by atoms with Crippen LogP contribution in [0.25, 0.3) is 11.3 Å². The van der Waals surface area contributed by atoms with E-state index in [-0.39, 0.29) is 18.4 Å². The van der Waals surface area contributed by atoms with Gasteiger partial charge in [0.25, 0.3) is 5.91 Å². The summed E-state index contributed by atoms with van der Waals surface area (Å²) in [6.07, 6.45) is 4.14. The lowest BCUT2D eigenvalue weighted by Gasteiger charge is -2.09. The highest BCUT2D eigenvalue weighted by atomic mass is 16.5. The average Bonchev–Trinajstić information content (AvgIpc) is 3.03. The Balaban J connectivity index is 1.60. The molecule has 1 aromatic heterocycles. The van der Waals surface area contributed by atoms with E-state index in [9.17, 15) is 9.59 Å². The first kappa shape index (κ1) is 14.9. The molecule has 0 saturated heterocycles. The molecule has 0 spiro atoms. The molecule has 1 aliphatic rings. The molecule has 2 amide bonds. The Bertz CT molecular complexity index is 772. The lowest BCUT2D eigenvalue weighted by Crippen LogP contribution is -2.31. The quantitative estimate of drug-likeness (QED) is 0.936. The standard InChI is InChI=1S/C17H15N3O3/c1-11-2-4-12(5-3-11)15-8-14(20-23-15)10-19-17(22)13-6-7-16(21)18-9-13/h2-9,13H,10H2,1H3,(H,19,22). The van der Waals surface area contributed by atoms with Gasteiger partial charge in [0.15, 0.2) is 5.76 Å². The Morgan fingerprint density at radius 3 is 2.78 bits per heavy atom. The number of aliphatic imine (C=N–C) groups is 1. The Morgan fingerprint density at radius 2 is 2.09 bits per heavy atom. The molecule has 1 unspecified atom stereocenters. The van der Waals surface area contributed by atoms with E-state index in [1.165, 1.54) is 23.9 Å². The molecule has 6 nitrogen and oxygen atoms in total. The van der Waals surface area contributed by atoms with Gasteiger partial charge in [-0.15, -0.1) is 0 Å². The van der Waals surface area contributed by atoms with Gasteiger partial charge in [0.2, 0.25) is 5.91 Å². The topological polar surface area (TPSA) is 84.6 Å². The fourth-order valence-corrected chi connectivity index (χ4v) is 2.13. The van der Waals surface area contributed by atoms with Crippen molar-refractivity contribution in [3.8, 4) is 11.3 Å². The summed E-state index contributed by atoms with van der Waals surface area (Å²) in [7, 11) is 0. The van der Waals surface area contributed by atoms with Crippen LogP contribution in [0.2, 0.25) is 0 Å². The van der Waals surface area contributed by atoms with E-state index < -0.39 is 5.92 Å². The van der Waals surface area contributed by atoms with Crippen molar-refractivity contribution in [2.75, 3.05) is 0 Å². The maximum Gasteiger partial charge on any atom is 0.269 e. The fraction of sp³-hybridized carbons (Fsp3) is 0.176. The van der Waals surface area contributed by atoms with Gasteiger partial charge < -0.3 is 9.84 Å². The summed E-state index contributed by atoms with van der Waals surface area (Å²) in [5, 5.41) is 6.69. The number of carbonyl (C=O) groups is 2. The van der Waals surface area contributed by atoms with E-state index >= 15 is 0 Å². The molecule has 0 aliphatic carbocycles. The molecule has 116 valence electrons. The summed E-state index contributed by atoms with van der Waals surface area (Å²) in [4.78, 5) is 26.5. The molecular formula is C17H15N3O3. The second-order valence-corrected chi connectivity index (χ2v) is 5.27. The number of amides is 2. The predicted molar refractivity (Wildman–Crippen MR) is 84.7 cm³/mol. The Labute approximate surface area is 132 Å². The molecular weight excluding hydrogens is 294 g/mol. The van der Waals surface area contributed by atoms with Crippen LogP contribution < -0.4 is 5.32 Å². The van der Waals surface area contributed by atoms with E-state index in [1.54, 1.807) is 6.07 Å². The first-order valence-corrected chi connectivity index (χ1v) is 7.18.